The van der Waals surface area contributed by atoms with Crippen molar-refractivity contribution >= 4 is 28.6 Å². The van der Waals surface area contributed by atoms with Crippen LogP contribution in [0.25, 0.3) is 0 Å². The zero-order valence-electron chi connectivity index (χ0n) is 19.9. The number of esters is 1. The van der Waals surface area contributed by atoms with E-state index in [1.54, 1.807) is 0 Å². The molecule has 0 radical (unpaired) electrons. The molecule has 3 rings (SSSR count). The average molecular weight is 552 g/mol. The molecule has 32 heavy (non-hydrogen) atoms. The number of aromatic nitrogens is 2. The van der Waals surface area contributed by atoms with Crippen LogP contribution >= 0.6 is 22.6 Å². The molecule has 0 aliphatic heterocycles. The van der Waals surface area contributed by atoms with Crippen LogP contribution in [0.1, 0.15) is 94.8 Å². The van der Waals surface area contributed by atoms with Crippen LogP contribution in [0.5, 0.6) is 0 Å². The number of rotatable bonds is 9. The molecule has 0 bridgehead atoms. The number of aliphatic hydroxyl groups is 1. The van der Waals surface area contributed by atoms with Gasteiger partial charge in [-0.1, -0.05) is 50.5 Å². The van der Waals surface area contributed by atoms with Gasteiger partial charge in [0.15, 0.2) is 0 Å². The fraction of sp³-hybridized carbons (Fsp3) is 0.615. The maximum atomic E-state index is 13.1. The molecule has 1 heterocycles. The van der Waals surface area contributed by atoms with Gasteiger partial charge in [0.25, 0.3) is 0 Å². The number of aryl methyl sites for hydroxylation is 1. The summed E-state index contributed by atoms with van der Waals surface area (Å²) >= 11 is 2.21. The van der Waals surface area contributed by atoms with Gasteiger partial charge in [0.05, 0.1) is 18.2 Å². The van der Waals surface area contributed by atoms with Crippen molar-refractivity contribution in [2.24, 2.45) is 5.92 Å². The van der Waals surface area contributed by atoms with E-state index in [0.717, 1.165) is 58.5 Å². The fourth-order valence-electron chi connectivity index (χ4n) is 4.64. The lowest BCUT2D eigenvalue weighted by molar-refractivity contribution is -0.158. The van der Waals surface area contributed by atoms with E-state index < -0.39 is 5.60 Å². The van der Waals surface area contributed by atoms with E-state index in [1.807, 2.05) is 20.8 Å². The Morgan fingerprint density at radius 1 is 1.25 bits per heavy atom. The first-order valence-electron chi connectivity index (χ1n) is 11.9. The van der Waals surface area contributed by atoms with Crippen molar-refractivity contribution < 1.29 is 14.6 Å². The van der Waals surface area contributed by atoms with Crippen molar-refractivity contribution in [2.75, 3.05) is 0 Å². The Balaban J connectivity index is 1.83. The number of benzene rings is 1. The lowest BCUT2D eigenvalue weighted by atomic mass is 9.84. The van der Waals surface area contributed by atoms with E-state index in [-0.39, 0.29) is 18.5 Å². The maximum absolute atomic E-state index is 13.1. The molecule has 2 aromatic rings. The van der Waals surface area contributed by atoms with Crippen LogP contribution in [0.15, 0.2) is 24.3 Å². The summed E-state index contributed by atoms with van der Waals surface area (Å²) in [5.74, 6) is 1.08. The molecule has 1 aromatic heterocycles. The Morgan fingerprint density at radius 2 is 1.91 bits per heavy atom. The summed E-state index contributed by atoms with van der Waals surface area (Å²) in [6.07, 6.45) is 7.64. The monoisotopic (exact) mass is 552 g/mol. The SMILES string of the molecule is CCCCc1nc(I)c(CO)n1Cc1ccc(C(C(=O)OC(C)(C)C)C2CCCC2)cc1. The summed E-state index contributed by atoms with van der Waals surface area (Å²) in [6.45, 7) is 8.63. The number of carbonyl (C=O) groups excluding carboxylic acids is 1. The van der Waals surface area contributed by atoms with Gasteiger partial charge in [-0.2, -0.15) is 0 Å². The fourth-order valence-corrected chi connectivity index (χ4v) is 5.38. The molecule has 1 unspecified atom stereocenters. The maximum Gasteiger partial charge on any atom is 0.314 e. The minimum Gasteiger partial charge on any atom is -0.459 e. The minimum absolute atomic E-state index is 0.0160. The Kier molecular flexibility index (Phi) is 8.78. The Bertz CT molecular complexity index is 893. The second-order valence-electron chi connectivity index (χ2n) is 9.91. The first-order chi connectivity index (χ1) is 15.2. The van der Waals surface area contributed by atoms with Gasteiger partial charge >= 0.3 is 5.97 Å². The van der Waals surface area contributed by atoms with Gasteiger partial charge in [0.2, 0.25) is 0 Å². The number of hydrogen-bond acceptors (Lipinski definition) is 4. The third-order valence-corrected chi connectivity index (χ3v) is 7.08. The van der Waals surface area contributed by atoms with E-state index >= 15 is 0 Å². The van der Waals surface area contributed by atoms with E-state index in [9.17, 15) is 9.90 Å². The lowest BCUT2D eigenvalue weighted by Gasteiger charge is -2.27. The summed E-state index contributed by atoms with van der Waals surface area (Å²) in [6, 6.07) is 8.40. The molecular weight excluding hydrogens is 515 g/mol. The highest BCUT2D eigenvalue weighted by Gasteiger charge is 2.35. The first-order valence-corrected chi connectivity index (χ1v) is 13.0. The van der Waals surface area contributed by atoms with Crippen LogP contribution in [0.2, 0.25) is 0 Å². The molecule has 1 aromatic carbocycles. The number of unbranched alkanes of at least 4 members (excludes halogenated alkanes) is 1. The van der Waals surface area contributed by atoms with Crippen LogP contribution in [-0.2, 0) is 29.1 Å². The normalized spacial score (nSPS) is 15.8. The number of halogens is 1. The van der Waals surface area contributed by atoms with Crippen LogP contribution in [0.4, 0.5) is 0 Å². The number of imidazole rings is 1. The van der Waals surface area contributed by atoms with Crippen LogP contribution in [-0.4, -0.2) is 26.2 Å². The quantitative estimate of drug-likeness (QED) is 0.307. The Morgan fingerprint density at radius 3 is 2.47 bits per heavy atom. The van der Waals surface area contributed by atoms with Crippen molar-refractivity contribution in [2.45, 2.75) is 97.3 Å². The van der Waals surface area contributed by atoms with E-state index in [2.05, 4.69) is 58.3 Å². The summed E-state index contributed by atoms with van der Waals surface area (Å²) in [5, 5.41) is 9.89. The summed E-state index contributed by atoms with van der Waals surface area (Å²) in [5.41, 5.74) is 2.58. The lowest BCUT2D eigenvalue weighted by Crippen LogP contribution is -2.30. The van der Waals surface area contributed by atoms with Crippen molar-refractivity contribution in [1.29, 1.82) is 0 Å². The minimum atomic E-state index is -0.484. The van der Waals surface area contributed by atoms with Gasteiger partial charge in [-0.05, 0) is 79.7 Å². The molecule has 1 fully saturated rings. The third-order valence-electron chi connectivity index (χ3n) is 6.22. The predicted molar refractivity (Wildman–Crippen MR) is 136 cm³/mol. The molecule has 6 heteroatoms. The van der Waals surface area contributed by atoms with Crippen LogP contribution in [0.3, 0.4) is 0 Å². The zero-order chi connectivity index (χ0) is 23.3. The molecule has 0 spiro atoms. The number of aliphatic hydroxyl groups excluding tert-OH is 1. The largest absolute Gasteiger partial charge is 0.459 e. The highest BCUT2D eigenvalue weighted by atomic mass is 127. The number of hydrogen-bond donors (Lipinski definition) is 1. The molecule has 0 amide bonds. The summed E-state index contributed by atoms with van der Waals surface area (Å²) in [7, 11) is 0. The molecule has 1 saturated carbocycles. The van der Waals surface area contributed by atoms with Crippen molar-refractivity contribution in [3.8, 4) is 0 Å². The van der Waals surface area contributed by atoms with Gasteiger partial charge < -0.3 is 14.4 Å². The second-order valence-corrected chi connectivity index (χ2v) is 10.9. The second kappa shape index (κ2) is 11.1. The number of carbonyl (C=O) groups is 1. The Hall–Kier alpha value is -1.41. The third kappa shape index (κ3) is 6.34. The molecule has 0 saturated heterocycles. The predicted octanol–water partition coefficient (Wildman–Crippen LogP) is 5.99. The highest BCUT2D eigenvalue weighted by molar-refractivity contribution is 14.1. The molecule has 176 valence electrons. The molecular formula is C26H37IN2O3. The highest BCUT2D eigenvalue weighted by Crippen LogP contribution is 2.39. The number of nitrogens with zero attached hydrogens (tertiary/aromatic N) is 2. The topological polar surface area (TPSA) is 64.4 Å². The van der Waals surface area contributed by atoms with Gasteiger partial charge in [-0.15, -0.1) is 0 Å². The average Bonchev–Trinajstić information content (AvgIpc) is 3.34. The van der Waals surface area contributed by atoms with Crippen LogP contribution < -0.4 is 0 Å². The number of ether oxygens (including phenoxy) is 1. The molecule has 1 atom stereocenters. The standard InChI is InChI=1S/C26H37IN2O3/c1-5-6-11-22-28-24(27)21(17-30)29(22)16-18-12-14-20(15-13-18)23(19-9-7-8-10-19)25(31)32-26(2,3)4/h12-15,19,23,30H,5-11,16-17H2,1-4H3. The van der Waals surface area contributed by atoms with E-state index in [0.29, 0.717) is 12.5 Å². The van der Waals surface area contributed by atoms with Gasteiger partial charge in [0.1, 0.15) is 15.1 Å². The van der Waals surface area contributed by atoms with E-state index in [1.165, 1.54) is 12.8 Å². The van der Waals surface area contributed by atoms with Crippen molar-refractivity contribution in [1.82, 2.24) is 9.55 Å². The molecule has 1 aliphatic carbocycles. The summed E-state index contributed by atoms with van der Waals surface area (Å²) < 4.78 is 8.82. The summed E-state index contributed by atoms with van der Waals surface area (Å²) in [4.78, 5) is 17.8. The van der Waals surface area contributed by atoms with Crippen molar-refractivity contribution in [3.63, 3.8) is 0 Å². The van der Waals surface area contributed by atoms with Gasteiger partial charge in [0, 0.05) is 13.0 Å². The smallest absolute Gasteiger partial charge is 0.314 e. The first kappa shape index (κ1) is 25.2. The van der Waals surface area contributed by atoms with E-state index in [4.69, 9.17) is 9.72 Å². The van der Waals surface area contributed by atoms with Crippen molar-refractivity contribution in [3.05, 3.63) is 50.6 Å². The zero-order valence-corrected chi connectivity index (χ0v) is 22.0. The van der Waals surface area contributed by atoms with Crippen LogP contribution in [0, 0.1) is 9.62 Å². The van der Waals surface area contributed by atoms with Gasteiger partial charge in [-0.3, -0.25) is 4.79 Å². The molecule has 1 aliphatic rings. The Labute approximate surface area is 206 Å². The molecule has 5 nitrogen and oxygen atoms in total. The molecule has 1 N–H and O–H groups in total. The van der Waals surface area contributed by atoms with Gasteiger partial charge in [-0.25, -0.2) is 4.98 Å².